The van der Waals surface area contributed by atoms with Crippen molar-refractivity contribution in [3.8, 4) is 0 Å². The number of nitrogens with zero attached hydrogens (tertiary/aromatic N) is 1. The number of nitrogens with one attached hydrogen (secondary N) is 1. The van der Waals surface area contributed by atoms with Gasteiger partial charge in [-0.2, -0.15) is 0 Å². The quantitative estimate of drug-likeness (QED) is 0.854. The molecule has 1 aromatic heterocycles. The number of aryl methyl sites for hydroxylation is 2. The molecule has 0 radical (unpaired) electrons. The lowest BCUT2D eigenvalue weighted by atomic mass is 10.0. The average molecular weight is 226 g/mol. The zero-order valence-corrected chi connectivity index (χ0v) is 10.4. The maximum Gasteiger partial charge on any atom is 0.116 e. The van der Waals surface area contributed by atoms with E-state index in [0.29, 0.717) is 0 Å². The molecular formula is C11H18N2OS. The van der Waals surface area contributed by atoms with Crippen molar-refractivity contribution in [2.45, 2.75) is 32.2 Å². The normalized spacial score (nSPS) is 26.1. The minimum Gasteiger partial charge on any atom is -0.379 e. The molecule has 0 bridgehead atoms. The molecule has 1 aromatic rings. The molecule has 1 atom stereocenters. The molecule has 0 amide bonds. The van der Waals surface area contributed by atoms with E-state index in [9.17, 15) is 0 Å². The van der Waals surface area contributed by atoms with E-state index in [1.807, 2.05) is 7.05 Å². The van der Waals surface area contributed by atoms with Gasteiger partial charge < -0.3 is 10.1 Å². The highest BCUT2D eigenvalue weighted by molar-refractivity contribution is 7.11. The molecule has 0 spiro atoms. The first-order chi connectivity index (χ1) is 7.22. The van der Waals surface area contributed by atoms with Crippen LogP contribution in [0.3, 0.4) is 0 Å². The number of hydrogen-bond acceptors (Lipinski definition) is 4. The Kier molecular flexibility index (Phi) is 3.09. The van der Waals surface area contributed by atoms with Crippen molar-refractivity contribution in [3.63, 3.8) is 0 Å². The summed E-state index contributed by atoms with van der Waals surface area (Å²) in [7, 11) is 2.00. The molecule has 15 heavy (non-hydrogen) atoms. The Balaban J connectivity index is 2.34. The molecule has 3 nitrogen and oxygen atoms in total. The van der Waals surface area contributed by atoms with Crippen LogP contribution < -0.4 is 5.32 Å². The number of thiazole rings is 1. The third-order valence-corrected chi connectivity index (χ3v) is 4.35. The van der Waals surface area contributed by atoms with Crippen LogP contribution in [0.2, 0.25) is 0 Å². The third kappa shape index (κ3) is 1.82. The fourth-order valence-electron chi connectivity index (χ4n) is 2.00. The highest BCUT2D eigenvalue weighted by atomic mass is 32.1. The summed E-state index contributed by atoms with van der Waals surface area (Å²) in [5, 5.41) is 4.57. The van der Waals surface area contributed by atoms with E-state index in [1.54, 1.807) is 11.3 Å². The van der Waals surface area contributed by atoms with E-state index in [2.05, 4.69) is 19.2 Å². The van der Waals surface area contributed by atoms with E-state index in [4.69, 9.17) is 9.72 Å². The number of hydrogen-bond donors (Lipinski definition) is 1. The smallest absolute Gasteiger partial charge is 0.116 e. The second-order valence-corrected chi connectivity index (χ2v) is 5.21. The standard InChI is InChI=1S/C11H18N2OS/c1-4-9-8(2)15-10(13-9)11(12-3)5-6-14-7-11/h12H,4-7H2,1-3H3. The first-order valence-corrected chi connectivity index (χ1v) is 6.27. The summed E-state index contributed by atoms with van der Waals surface area (Å²) >= 11 is 1.81. The Morgan fingerprint density at radius 2 is 2.40 bits per heavy atom. The molecule has 1 N–H and O–H groups in total. The predicted octanol–water partition coefficient (Wildman–Crippen LogP) is 1.85. The Bertz CT molecular complexity index is 342. The number of ether oxygens (including phenoxy) is 1. The van der Waals surface area contributed by atoms with Gasteiger partial charge in [0.25, 0.3) is 0 Å². The fourth-order valence-corrected chi connectivity index (χ4v) is 3.21. The monoisotopic (exact) mass is 226 g/mol. The van der Waals surface area contributed by atoms with E-state index >= 15 is 0 Å². The largest absolute Gasteiger partial charge is 0.379 e. The maximum absolute atomic E-state index is 5.49. The van der Waals surface area contributed by atoms with Crippen LogP contribution in [0, 0.1) is 6.92 Å². The molecule has 1 aliphatic rings. The van der Waals surface area contributed by atoms with Gasteiger partial charge in [0, 0.05) is 11.5 Å². The van der Waals surface area contributed by atoms with Crippen molar-refractivity contribution in [1.82, 2.24) is 10.3 Å². The zero-order chi connectivity index (χ0) is 10.9. The minimum absolute atomic E-state index is 0.0250. The second kappa shape index (κ2) is 4.20. The van der Waals surface area contributed by atoms with Crippen LogP contribution in [0.5, 0.6) is 0 Å². The highest BCUT2D eigenvalue weighted by Gasteiger charge is 2.38. The van der Waals surface area contributed by atoms with Crippen LogP contribution in [0.15, 0.2) is 0 Å². The van der Waals surface area contributed by atoms with Gasteiger partial charge >= 0.3 is 0 Å². The fraction of sp³-hybridized carbons (Fsp3) is 0.727. The molecule has 1 saturated heterocycles. The van der Waals surface area contributed by atoms with Crippen LogP contribution >= 0.6 is 11.3 Å². The van der Waals surface area contributed by atoms with Gasteiger partial charge in [-0.3, -0.25) is 0 Å². The van der Waals surface area contributed by atoms with Gasteiger partial charge in [-0.05, 0) is 26.8 Å². The summed E-state index contributed by atoms with van der Waals surface area (Å²) in [4.78, 5) is 6.07. The second-order valence-electron chi connectivity index (χ2n) is 4.01. The first kappa shape index (κ1) is 11.0. The molecule has 1 fully saturated rings. The van der Waals surface area contributed by atoms with Crippen LogP contribution in [0.1, 0.15) is 28.9 Å². The van der Waals surface area contributed by atoms with Gasteiger partial charge in [-0.25, -0.2) is 4.98 Å². The van der Waals surface area contributed by atoms with Crippen molar-refractivity contribution < 1.29 is 4.74 Å². The third-order valence-electron chi connectivity index (χ3n) is 3.14. The van der Waals surface area contributed by atoms with E-state index in [1.165, 1.54) is 15.6 Å². The number of rotatable bonds is 3. The van der Waals surface area contributed by atoms with Gasteiger partial charge in [-0.15, -0.1) is 11.3 Å². The number of likely N-dealkylation sites (N-methyl/N-ethyl adjacent to an activating group) is 1. The molecule has 1 aliphatic heterocycles. The molecule has 0 aromatic carbocycles. The minimum atomic E-state index is -0.0250. The van der Waals surface area contributed by atoms with Gasteiger partial charge in [0.05, 0.1) is 17.8 Å². The summed E-state index contributed by atoms with van der Waals surface area (Å²) in [6, 6.07) is 0. The lowest BCUT2D eigenvalue weighted by molar-refractivity contribution is 0.169. The molecule has 4 heteroatoms. The van der Waals surface area contributed by atoms with E-state index in [0.717, 1.165) is 26.1 Å². The predicted molar refractivity (Wildman–Crippen MR) is 62.4 cm³/mol. The average Bonchev–Trinajstić information content (AvgIpc) is 2.84. The lowest BCUT2D eigenvalue weighted by Crippen LogP contribution is -2.40. The molecule has 1 unspecified atom stereocenters. The van der Waals surface area contributed by atoms with Crippen molar-refractivity contribution in [1.29, 1.82) is 0 Å². The summed E-state index contributed by atoms with van der Waals surface area (Å²) < 4.78 is 5.49. The highest BCUT2D eigenvalue weighted by Crippen LogP contribution is 2.34. The van der Waals surface area contributed by atoms with Crippen LogP contribution in [0.4, 0.5) is 0 Å². The Morgan fingerprint density at radius 1 is 1.60 bits per heavy atom. The Morgan fingerprint density at radius 3 is 2.87 bits per heavy atom. The SMILES string of the molecule is CCc1nc(C2(NC)CCOC2)sc1C. The topological polar surface area (TPSA) is 34.2 Å². The van der Waals surface area contributed by atoms with Crippen molar-refractivity contribution in [3.05, 3.63) is 15.6 Å². The Labute approximate surface area is 94.9 Å². The summed E-state index contributed by atoms with van der Waals surface area (Å²) in [5.41, 5.74) is 1.21. The van der Waals surface area contributed by atoms with Gasteiger partial charge in [0.2, 0.25) is 0 Å². The Hall–Kier alpha value is -0.450. The summed E-state index contributed by atoms with van der Waals surface area (Å²) in [6.45, 7) is 5.89. The van der Waals surface area contributed by atoms with Crippen LogP contribution in [-0.4, -0.2) is 25.2 Å². The van der Waals surface area contributed by atoms with Gasteiger partial charge in [-0.1, -0.05) is 6.92 Å². The molecule has 0 aliphatic carbocycles. The zero-order valence-electron chi connectivity index (χ0n) is 9.59. The lowest BCUT2D eigenvalue weighted by Gasteiger charge is -2.23. The first-order valence-electron chi connectivity index (χ1n) is 5.45. The maximum atomic E-state index is 5.49. The molecule has 2 heterocycles. The van der Waals surface area contributed by atoms with E-state index in [-0.39, 0.29) is 5.54 Å². The van der Waals surface area contributed by atoms with Crippen molar-refractivity contribution in [2.75, 3.05) is 20.3 Å². The van der Waals surface area contributed by atoms with Gasteiger partial charge in [0.15, 0.2) is 0 Å². The van der Waals surface area contributed by atoms with E-state index < -0.39 is 0 Å². The van der Waals surface area contributed by atoms with Gasteiger partial charge in [0.1, 0.15) is 5.01 Å². The summed E-state index contributed by atoms with van der Waals surface area (Å²) in [5.74, 6) is 0. The van der Waals surface area contributed by atoms with Crippen molar-refractivity contribution in [2.24, 2.45) is 0 Å². The molecule has 0 saturated carbocycles. The van der Waals surface area contributed by atoms with Crippen LogP contribution in [-0.2, 0) is 16.7 Å². The van der Waals surface area contributed by atoms with Crippen LogP contribution in [0.25, 0.3) is 0 Å². The summed E-state index contributed by atoms with van der Waals surface area (Å²) in [6.07, 6.45) is 2.04. The molecule has 84 valence electrons. The molecular weight excluding hydrogens is 208 g/mol. The van der Waals surface area contributed by atoms with Crippen molar-refractivity contribution >= 4 is 11.3 Å². The number of aromatic nitrogens is 1. The molecule has 2 rings (SSSR count).